The zero-order valence-corrected chi connectivity index (χ0v) is 20.1. The number of aliphatic hydroxyl groups excluding tert-OH is 1. The zero-order valence-electron chi connectivity index (χ0n) is 16.9. The molecule has 3 rings (SSSR count). The fourth-order valence-electron chi connectivity index (χ4n) is 3.36. The number of methoxy groups -OCH3 is 1. The van der Waals surface area contributed by atoms with Crippen LogP contribution < -0.4 is 15.4 Å². The number of aliphatic hydroxyl groups is 1. The van der Waals surface area contributed by atoms with Crippen LogP contribution in [-0.4, -0.2) is 51.6 Å². The van der Waals surface area contributed by atoms with E-state index in [2.05, 4.69) is 39.9 Å². The molecule has 1 saturated heterocycles. The van der Waals surface area contributed by atoms with E-state index in [1.807, 2.05) is 12.1 Å². The molecule has 0 bridgehead atoms. The third kappa shape index (κ3) is 6.56. The first-order valence-electron chi connectivity index (χ1n) is 9.54. The number of nitrogens with one attached hydrogen (secondary N) is 2. The quantitative estimate of drug-likeness (QED) is 0.276. The largest absolute Gasteiger partial charge is 0.497 e. The van der Waals surface area contributed by atoms with Gasteiger partial charge in [-0.3, -0.25) is 4.99 Å². The summed E-state index contributed by atoms with van der Waals surface area (Å²) in [5, 5.41) is 16.1. The predicted molar refractivity (Wildman–Crippen MR) is 129 cm³/mol. The van der Waals surface area contributed by atoms with Crippen LogP contribution in [0.5, 0.6) is 5.75 Å². The lowest BCUT2D eigenvalue weighted by Gasteiger charge is -2.27. The zero-order chi connectivity index (χ0) is 19.8. The van der Waals surface area contributed by atoms with Crippen molar-refractivity contribution in [2.75, 3.05) is 40.5 Å². The monoisotopic (exact) mass is 531 g/mol. The Morgan fingerprint density at radius 1 is 1.24 bits per heavy atom. The van der Waals surface area contributed by atoms with Crippen LogP contribution in [0.4, 0.5) is 0 Å². The van der Waals surface area contributed by atoms with Crippen molar-refractivity contribution in [3.05, 3.63) is 41.3 Å². The number of halogens is 1. The van der Waals surface area contributed by atoms with E-state index in [1.54, 1.807) is 25.5 Å². The molecular weight excluding hydrogens is 501 g/mol. The number of thiophene rings is 1. The number of aliphatic imine (C=N–C) groups is 1. The molecule has 1 aromatic carbocycles. The summed E-state index contributed by atoms with van der Waals surface area (Å²) >= 11 is 1.76. The van der Waals surface area contributed by atoms with Crippen LogP contribution in [0.2, 0.25) is 0 Å². The van der Waals surface area contributed by atoms with Gasteiger partial charge in [-0.2, -0.15) is 0 Å². The van der Waals surface area contributed by atoms with Crippen LogP contribution in [0.3, 0.4) is 0 Å². The average Bonchev–Trinajstić information content (AvgIpc) is 3.39. The standard InChI is InChI=1S/C21H29N3O3S.HI/c1-22-20(24-14-21(9-11-25)10-12-27-15-21)23-13-18-7-8-19(28-18)16-3-5-17(26-2)6-4-16;/h3-8,25H,9-15H2,1-2H3,(H2,22,23,24);1H. The third-order valence-electron chi connectivity index (χ3n) is 5.15. The number of hydrogen-bond donors (Lipinski definition) is 3. The van der Waals surface area contributed by atoms with Gasteiger partial charge in [0.05, 0.1) is 20.3 Å². The summed E-state index contributed by atoms with van der Waals surface area (Å²) in [6.07, 6.45) is 1.71. The van der Waals surface area contributed by atoms with Crippen LogP contribution in [0.1, 0.15) is 17.7 Å². The van der Waals surface area contributed by atoms with Gasteiger partial charge in [0.25, 0.3) is 0 Å². The lowest BCUT2D eigenvalue weighted by Crippen LogP contribution is -2.44. The maximum atomic E-state index is 9.36. The summed E-state index contributed by atoms with van der Waals surface area (Å²) in [4.78, 5) is 6.79. The molecule has 2 heterocycles. The van der Waals surface area contributed by atoms with Crippen LogP contribution in [0.15, 0.2) is 41.4 Å². The molecule has 1 aromatic heterocycles. The molecule has 1 unspecified atom stereocenters. The first-order chi connectivity index (χ1) is 13.7. The van der Waals surface area contributed by atoms with Crippen LogP contribution in [0.25, 0.3) is 10.4 Å². The Hall–Kier alpha value is -1.36. The van der Waals surface area contributed by atoms with Crippen LogP contribution >= 0.6 is 35.3 Å². The summed E-state index contributed by atoms with van der Waals surface area (Å²) in [5.74, 6) is 1.63. The minimum absolute atomic E-state index is 0. The molecule has 0 amide bonds. The van der Waals surface area contributed by atoms with Crippen molar-refractivity contribution in [1.82, 2.24) is 10.6 Å². The second kappa shape index (κ2) is 11.7. The van der Waals surface area contributed by atoms with E-state index >= 15 is 0 Å². The van der Waals surface area contributed by atoms with Crippen molar-refractivity contribution >= 4 is 41.3 Å². The highest BCUT2D eigenvalue weighted by atomic mass is 127. The first kappa shape index (κ1) is 23.9. The molecule has 0 spiro atoms. The van der Waals surface area contributed by atoms with E-state index < -0.39 is 0 Å². The molecule has 1 aliphatic rings. The maximum Gasteiger partial charge on any atom is 0.191 e. The highest BCUT2D eigenvalue weighted by Crippen LogP contribution is 2.31. The van der Waals surface area contributed by atoms with Gasteiger partial charge in [-0.25, -0.2) is 0 Å². The van der Waals surface area contributed by atoms with Gasteiger partial charge < -0.3 is 25.2 Å². The van der Waals surface area contributed by atoms with Gasteiger partial charge in [-0.1, -0.05) is 0 Å². The van der Waals surface area contributed by atoms with E-state index in [1.165, 1.54) is 15.3 Å². The molecule has 1 aliphatic heterocycles. The number of ether oxygens (including phenoxy) is 2. The number of rotatable bonds is 8. The van der Waals surface area contributed by atoms with Crippen molar-refractivity contribution in [3.63, 3.8) is 0 Å². The normalized spacial score (nSPS) is 18.9. The van der Waals surface area contributed by atoms with Crippen molar-refractivity contribution in [3.8, 4) is 16.2 Å². The van der Waals surface area contributed by atoms with Crippen molar-refractivity contribution in [2.45, 2.75) is 19.4 Å². The summed E-state index contributed by atoms with van der Waals surface area (Å²) in [5.41, 5.74) is 1.18. The smallest absolute Gasteiger partial charge is 0.191 e. The Morgan fingerprint density at radius 2 is 2.03 bits per heavy atom. The molecule has 0 saturated carbocycles. The SMILES string of the molecule is CN=C(NCc1ccc(-c2ccc(OC)cc2)s1)NCC1(CCO)CCOC1.I. The highest BCUT2D eigenvalue weighted by molar-refractivity contribution is 14.0. The highest BCUT2D eigenvalue weighted by Gasteiger charge is 2.34. The van der Waals surface area contributed by atoms with Crippen molar-refractivity contribution in [2.24, 2.45) is 10.4 Å². The Bertz CT molecular complexity index is 774. The Balaban J connectivity index is 0.00000300. The summed E-state index contributed by atoms with van der Waals surface area (Å²) in [7, 11) is 3.45. The first-order valence-corrected chi connectivity index (χ1v) is 10.4. The molecule has 0 aliphatic carbocycles. The second-order valence-electron chi connectivity index (χ2n) is 7.05. The van der Waals surface area contributed by atoms with Crippen molar-refractivity contribution in [1.29, 1.82) is 0 Å². The fraction of sp³-hybridized carbons (Fsp3) is 0.476. The van der Waals surface area contributed by atoms with E-state index in [4.69, 9.17) is 9.47 Å². The lowest BCUT2D eigenvalue weighted by atomic mass is 9.84. The Kier molecular flexibility index (Phi) is 9.67. The molecule has 1 fully saturated rings. The fourth-order valence-corrected chi connectivity index (χ4v) is 4.31. The minimum atomic E-state index is -0.00314. The molecule has 160 valence electrons. The number of hydrogen-bond acceptors (Lipinski definition) is 5. The maximum absolute atomic E-state index is 9.36. The molecule has 3 N–H and O–H groups in total. The Labute approximate surface area is 193 Å². The van der Waals surface area contributed by atoms with Gasteiger partial charge in [-0.15, -0.1) is 35.3 Å². The van der Waals surface area contributed by atoms with E-state index in [-0.39, 0.29) is 36.0 Å². The van der Waals surface area contributed by atoms with Crippen molar-refractivity contribution < 1.29 is 14.6 Å². The summed E-state index contributed by atoms with van der Waals surface area (Å²) < 4.78 is 10.8. The van der Waals surface area contributed by atoms with E-state index in [0.29, 0.717) is 13.2 Å². The third-order valence-corrected chi connectivity index (χ3v) is 6.28. The average molecular weight is 531 g/mol. The lowest BCUT2D eigenvalue weighted by molar-refractivity contribution is 0.127. The number of benzene rings is 1. The van der Waals surface area contributed by atoms with E-state index in [9.17, 15) is 5.11 Å². The predicted octanol–water partition coefficient (Wildman–Crippen LogP) is 3.50. The van der Waals surface area contributed by atoms with Gasteiger partial charge >= 0.3 is 0 Å². The molecule has 1 atom stereocenters. The van der Waals surface area contributed by atoms with Gasteiger partial charge in [0, 0.05) is 42.0 Å². The molecular formula is C21H30IN3O3S. The summed E-state index contributed by atoms with van der Waals surface area (Å²) in [6.45, 7) is 3.09. The molecule has 0 radical (unpaired) electrons. The van der Waals surface area contributed by atoms with Crippen LogP contribution in [-0.2, 0) is 11.3 Å². The second-order valence-corrected chi connectivity index (χ2v) is 8.22. The minimum Gasteiger partial charge on any atom is -0.497 e. The molecule has 29 heavy (non-hydrogen) atoms. The van der Waals surface area contributed by atoms with Crippen LogP contribution in [0, 0.1) is 5.41 Å². The molecule has 6 nitrogen and oxygen atoms in total. The summed E-state index contributed by atoms with van der Waals surface area (Å²) in [6, 6.07) is 12.4. The Morgan fingerprint density at radius 3 is 2.66 bits per heavy atom. The van der Waals surface area contributed by atoms with Gasteiger partial charge in [0.15, 0.2) is 5.96 Å². The molecule has 2 aromatic rings. The molecule has 8 heteroatoms. The van der Waals surface area contributed by atoms with Gasteiger partial charge in [0.2, 0.25) is 0 Å². The number of nitrogens with zero attached hydrogens (tertiary/aromatic N) is 1. The number of guanidine groups is 1. The topological polar surface area (TPSA) is 75.1 Å². The van der Waals surface area contributed by atoms with Gasteiger partial charge in [0.1, 0.15) is 5.75 Å². The van der Waals surface area contributed by atoms with Gasteiger partial charge in [-0.05, 0) is 54.8 Å². The van der Waals surface area contributed by atoms with E-state index in [0.717, 1.165) is 37.7 Å².